The van der Waals surface area contributed by atoms with Crippen LogP contribution in [0.3, 0.4) is 0 Å². The fourth-order valence-electron chi connectivity index (χ4n) is 3.07. The van der Waals surface area contributed by atoms with Crippen LogP contribution in [0.5, 0.6) is 0 Å². The number of benzene rings is 1. The molecule has 0 aromatic heterocycles. The van der Waals surface area contributed by atoms with Gasteiger partial charge in [-0.1, -0.05) is 79.2 Å². The minimum Gasteiger partial charge on any atom is -0.461 e. The number of nitrogens with one attached hydrogen (secondary N) is 2. The highest BCUT2D eigenvalue weighted by Crippen LogP contribution is 2.27. The summed E-state index contributed by atoms with van der Waals surface area (Å²) >= 11 is 0. The molecule has 0 aliphatic heterocycles. The summed E-state index contributed by atoms with van der Waals surface area (Å²) in [5.74, 6) is 0.236. The molecule has 5 nitrogen and oxygen atoms in total. The lowest BCUT2D eigenvalue weighted by atomic mass is 9.80. The number of hydrogen-bond acceptors (Lipinski definition) is 4. The highest BCUT2D eigenvalue weighted by Gasteiger charge is 2.30. The number of rotatable bonds is 12. The molecule has 0 saturated heterocycles. The van der Waals surface area contributed by atoms with Crippen molar-refractivity contribution in [2.45, 2.75) is 80.5 Å². The van der Waals surface area contributed by atoms with Crippen LogP contribution in [0.1, 0.15) is 72.4 Å². The number of carbonyl (C=O) groups excluding carboxylic acids is 2. The van der Waals surface area contributed by atoms with Crippen molar-refractivity contribution in [3.63, 3.8) is 0 Å². The Morgan fingerprint density at radius 1 is 1.03 bits per heavy atom. The quantitative estimate of drug-likeness (QED) is 0.505. The highest BCUT2D eigenvalue weighted by molar-refractivity contribution is 5.81. The molecular formula is C24H40N2O3. The van der Waals surface area contributed by atoms with Crippen LogP contribution in [0.15, 0.2) is 24.3 Å². The maximum atomic E-state index is 12.7. The third-order valence-electron chi connectivity index (χ3n) is 5.13. The molecule has 0 bridgehead atoms. The number of amides is 1. The van der Waals surface area contributed by atoms with Gasteiger partial charge in [-0.05, 0) is 30.0 Å². The maximum Gasteiger partial charge on any atom is 0.308 e. The predicted octanol–water partition coefficient (Wildman–Crippen LogP) is 4.44. The predicted molar refractivity (Wildman–Crippen MR) is 118 cm³/mol. The van der Waals surface area contributed by atoms with E-state index in [1.165, 1.54) is 0 Å². The lowest BCUT2D eigenvalue weighted by Crippen LogP contribution is -2.39. The van der Waals surface area contributed by atoms with Crippen LogP contribution < -0.4 is 10.6 Å². The molecule has 1 amide bonds. The van der Waals surface area contributed by atoms with Crippen molar-refractivity contribution in [1.29, 1.82) is 0 Å². The van der Waals surface area contributed by atoms with Gasteiger partial charge in [-0.25, -0.2) is 0 Å². The summed E-state index contributed by atoms with van der Waals surface area (Å²) in [4.78, 5) is 24.3. The van der Waals surface area contributed by atoms with Crippen molar-refractivity contribution in [3.05, 3.63) is 35.4 Å². The lowest BCUT2D eigenvalue weighted by Gasteiger charge is -2.29. The van der Waals surface area contributed by atoms with E-state index in [2.05, 4.69) is 31.4 Å². The smallest absolute Gasteiger partial charge is 0.308 e. The van der Waals surface area contributed by atoms with Gasteiger partial charge in [0.25, 0.3) is 0 Å². The Labute approximate surface area is 177 Å². The first-order valence-corrected chi connectivity index (χ1v) is 10.8. The van der Waals surface area contributed by atoms with Crippen molar-refractivity contribution in [2.24, 2.45) is 17.3 Å². The second-order valence-electron chi connectivity index (χ2n) is 9.19. The van der Waals surface area contributed by atoms with E-state index in [4.69, 9.17) is 4.74 Å². The van der Waals surface area contributed by atoms with E-state index >= 15 is 0 Å². The SMILES string of the molecule is CCC(CNC(C)C)CC(C)(C)C(=O)NCc1ccc(COC(=O)C(C)C)cc1. The van der Waals surface area contributed by atoms with Crippen molar-refractivity contribution < 1.29 is 14.3 Å². The van der Waals surface area contributed by atoms with Gasteiger partial charge in [0.15, 0.2) is 0 Å². The molecule has 1 aromatic carbocycles. The average molecular weight is 405 g/mol. The topological polar surface area (TPSA) is 67.4 Å². The van der Waals surface area contributed by atoms with Crippen LogP contribution in [-0.4, -0.2) is 24.5 Å². The van der Waals surface area contributed by atoms with Gasteiger partial charge < -0.3 is 15.4 Å². The van der Waals surface area contributed by atoms with Crippen LogP contribution in [-0.2, 0) is 27.5 Å². The summed E-state index contributed by atoms with van der Waals surface area (Å²) < 4.78 is 5.24. The molecule has 29 heavy (non-hydrogen) atoms. The molecule has 2 N–H and O–H groups in total. The van der Waals surface area contributed by atoms with Gasteiger partial charge in [0.2, 0.25) is 5.91 Å². The van der Waals surface area contributed by atoms with Gasteiger partial charge in [-0.15, -0.1) is 0 Å². The molecule has 164 valence electrons. The Hall–Kier alpha value is -1.88. The minimum absolute atomic E-state index is 0.0791. The molecule has 1 atom stereocenters. The Morgan fingerprint density at radius 3 is 2.14 bits per heavy atom. The first-order chi connectivity index (χ1) is 13.5. The Morgan fingerprint density at radius 2 is 1.62 bits per heavy atom. The maximum absolute atomic E-state index is 12.7. The zero-order chi connectivity index (χ0) is 22.0. The summed E-state index contributed by atoms with van der Waals surface area (Å²) in [5, 5.41) is 6.55. The van der Waals surface area contributed by atoms with Crippen molar-refractivity contribution in [1.82, 2.24) is 10.6 Å². The van der Waals surface area contributed by atoms with E-state index in [-0.39, 0.29) is 24.4 Å². The zero-order valence-electron chi connectivity index (χ0n) is 19.3. The summed E-state index contributed by atoms with van der Waals surface area (Å²) in [6.07, 6.45) is 1.91. The molecule has 0 aliphatic rings. The second kappa shape index (κ2) is 12.0. The van der Waals surface area contributed by atoms with E-state index in [1.54, 1.807) is 0 Å². The Kier molecular flexibility index (Phi) is 10.4. The molecule has 1 rings (SSSR count). The van der Waals surface area contributed by atoms with E-state index in [1.807, 2.05) is 52.0 Å². The molecule has 1 unspecified atom stereocenters. The van der Waals surface area contributed by atoms with Crippen LogP contribution in [0, 0.1) is 17.3 Å². The van der Waals surface area contributed by atoms with Crippen LogP contribution >= 0.6 is 0 Å². The molecular weight excluding hydrogens is 364 g/mol. The molecule has 0 aliphatic carbocycles. The molecule has 0 radical (unpaired) electrons. The summed E-state index contributed by atoms with van der Waals surface area (Å²) in [6.45, 7) is 15.9. The van der Waals surface area contributed by atoms with E-state index in [9.17, 15) is 9.59 Å². The lowest BCUT2D eigenvalue weighted by molar-refractivity contribution is -0.148. The number of carbonyl (C=O) groups is 2. The summed E-state index contributed by atoms with van der Waals surface area (Å²) in [7, 11) is 0. The first kappa shape index (κ1) is 25.2. The van der Waals surface area contributed by atoms with Gasteiger partial charge in [-0.2, -0.15) is 0 Å². The molecule has 0 spiro atoms. The number of ether oxygens (including phenoxy) is 1. The van der Waals surface area contributed by atoms with Crippen LogP contribution in [0.2, 0.25) is 0 Å². The minimum atomic E-state index is -0.412. The summed E-state index contributed by atoms with van der Waals surface area (Å²) in [6, 6.07) is 8.26. The van der Waals surface area contributed by atoms with Crippen molar-refractivity contribution in [2.75, 3.05) is 6.54 Å². The van der Waals surface area contributed by atoms with Gasteiger partial charge in [0, 0.05) is 18.0 Å². The number of esters is 1. The fraction of sp³-hybridized carbons (Fsp3) is 0.667. The normalized spacial score (nSPS) is 12.9. The largest absolute Gasteiger partial charge is 0.461 e. The molecule has 1 aromatic rings. The van der Waals surface area contributed by atoms with Crippen LogP contribution in [0.4, 0.5) is 0 Å². The number of hydrogen-bond donors (Lipinski definition) is 2. The van der Waals surface area contributed by atoms with Crippen molar-refractivity contribution >= 4 is 11.9 Å². The summed E-state index contributed by atoms with van der Waals surface area (Å²) in [5.41, 5.74) is 1.56. The first-order valence-electron chi connectivity index (χ1n) is 10.8. The average Bonchev–Trinajstić information content (AvgIpc) is 2.67. The van der Waals surface area contributed by atoms with Gasteiger partial charge in [-0.3, -0.25) is 9.59 Å². The van der Waals surface area contributed by atoms with Crippen molar-refractivity contribution in [3.8, 4) is 0 Å². The van der Waals surface area contributed by atoms with E-state index in [0.29, 0.717) is 18.5 Å². The van der Waals surface area contributed by atoms with E-state index in [0.717, 1.165) is 30.5 Å². The van der Waals surface area contributed by atoms with Gasteiger partial charge in [0.05, 0.1) is 5.92 Å². The molecule has 0 heterocycles. The monoisotopic (exact) mass is 404 g/mol. The Bertz CT molecular complexity index is 636. The second-order valence-corrected chi connectivity index (χ2v) is 9.19. The molecule has 5 heteroatoms. The van der Waals surface area contributed by atoms with E-state index < -0.39 is 5.41 Å². The standard InChI is InChI=1S/C24H40N2O3/c1-8-19(14-25-18(4)5)13-24(6,7)23(28)26-15-20-9-11-21(12-10-20)16-29-22(27)17(2)3/h9-12,17-19,25H,8,13-16H2,1-7H3,(H,26,28). The van der Waals surface area contributed by atoms with Crippen LogP contribution in [0.25, 0.3) is 0 Å². The molecule has 0 fully saturated rings. The fourth-order valence-corrected chi connectivity index (χ4v) is 3.07. The third kappa shape index (κ3) is 9.44. The third-order valence-corrected chi connectivity index (χ3v) is 5.13. The Balaban J connectivity index is 2.52. The highest BCUT2D eigenvalue weighted by atomic mass is 16.5. The van der Waals surface area contributed by atoms with Gasteiger partial charge in [0.1, 0.15) is 6.61 Å². The van der Waals surface area contributed by atoms with Gasteiger partial charge >= 0.3 is 5.97 Å². The zero-order valence-corrected chi connectivity index (χ0v) is 19.3. The molecule has 0 saturated carbocycles.